The van der Waals surface area contributed by atoms with E-state index in [1.54, 1.807) is 5.57 Å². The van der Waals surface area contributed by atoms with E-state index in [4.69, 9.17) is 0 Å². The Hall–Kier alpha value is -6.76. The molecule has 5 aliphatic rings. The Morgan fingerprint density at radius 1 is 0.607 bits per heavy atom. The molecule has 1 spiro atoms. The molecule has 13 rings (SSSR count). The molecule has 5 aliphatic carbocycles. The van der Waals surface area contributed by atoms with E-state index >= 15 is 0 Å². The maximum absolute atomic E-state index is 4.33. The summed E-state index contributed by atoms with van der Waals surface area (Å²) in [5.41, 5.74) is 22.0. The molecule has 2 unspecified atom stereocenters. The zero-order valence-corrected chi connectivity index (χ0v) is 34.9. The SMILES string of the molecule is C=Cc1c2c(c3cc(-c4ccc5c6c(c7ccccc7c5c4)-c4ccc5c(c4C64C6=C(C=CCC6C)c6ccccc64)C=CCC5)c4ccccc4c3c1/C=C\C)CCC=C2. The van der Waals surface area contributed by atoms with Crippen molar-refractivity contribution in [3.05, 3.63) is 207 Å². The molecule has 61 heavy (non-hydrogen) atoms. The molecular formula is C61H46. The minimum Gasteiger partial charge on any atom is -0.0984 e. The van der Waals surface area contributed by atoms with E-state index in [-0.39, 0.29) is 0 Å². The normalized spacial score (nSPS) is 19.3. The summed E-state index contributed by atoms with van der Waals surface area (Å²) < 4.78 is 0. The molecule has 0 saturated heterocycles. The van der Waals surface area contributed by atoms with E-state index in [2.05, 4.69) is 184 Å². The van der Waals surface area contributed by atoms with Crippen LogP contribution in [0.4, 0.5) is 0 Å². The Labute approximate surface area is 358 Å². The lowest BCUT2D eigenvalue weighted by Crippen LogP contribution is -2.32. The number of rotatable bonds is 3. The van der Waals surface area contributed by atoms with Gasteiger partial charge in [-0.2, -0.15) is 0 Å². The summed E-state index contributed by atoms with van der Waals surface area (Å²) in [4.78, 5) is 0. The van der Waals surface area contributed by atoms with Crippen LogP contribution < -0.4 is 0 Å². The molecule has 8 aromatic rings. The van der Waals surface area contributed by atoms with Crippen LogP contribution in [-0.4, -0.2) is 0 Å². The highest BCUT2D eigenvalue weighted by Gasteiger charge is 2.56. The van der Waals surface area contributed by atoms with Crippen LogP contribution in [0.15, 0.2) is 152 Å². The summed E-state index contributed by atoms with van der Waals surface area (Å²) in [5.74, 6) is 0.397. The second-order valence-corrected chi connectivity index (χ2v) is 18.0. The summed E-state index contributed by atoms with van der Waals surface area (Å²) in [5, 5.41) is 10.7. The van der Waals surface area contributed by atoms with E-state index in [1.807, 2.05) is 0 Å². The quantitative estimate of drug-likeness (QED) is 0.157. The average Bonchev–Trinajstić information content (AvgIpc) is 3.80. The molecule has 290 valence electrons. The Morgan fingerprint density at radius 3 is 2.23 bits per heavy atom. The molecular weight excluding hydrogens is 733 g/mol. The van der Waals surface area contributed by atoms with Crippen LogP contribution in [0.5, 0.6) is 0 Å². The van der Waals surface area contributed by atoms with Crippen molar-refractivity contribution in [1.82, 2.24) is 0 Å². The second kappa shape index (κ2) is 12.9. The fourth-order valence-electron chi connectivity index (χ4n) is 12.9. The van der Waals surface area contributed by atoms with Crippen molar-refractivity contribution in [2.24, 2.45) is 5.92 Å². The smallest absolute Gasteiger partial charge is 0.0703 e. The van der Waals surface area contributed by atoms with Crippen molar-refractivity contribution in [2.75, 3.05) is 0 Å². The van der Waals surface area contributed by atoms with Gasteiger partial charge in [0.25, 0.3) is 0 Å². The topological polar surface area (TPSA) is 0 Å². The van der Waals surface area contributed by atoms with Crippen molar-refractivity contribution < 1.29 is 0 Å². The molecule has 0 fully saturated rings. The fraction of sp³-hybridized carbons (Fsp3) is 0.148. The van der Waals surface area contributed by atoms with E-state index in [0.29, 0.717) is 5.92 Å². The first-order valence-electron chi connectivity index (χ1n) is 22.4. The third-order valence-electron chi connectivity index (χ3n) is 15.1. The van der Waals surface area contributed by atoms with Gasteiger partial charge in [0.2, 0.25) is 0 Å². The first kappa shape index (κ1) is 35.0. The maximum atomic E-state index is 4.33. The van der Waals surface area contributed by atoms with E-state index in [0.717, 1.165) is 32.1 Å². The predicted octanol–water partition coefficient (Wildman–Crippen LogP) is 16.2. The third-order valence-corrected chi connectivity index (χ3v) is 15.1. The lowest BCUT2D eigenvalue weighted by atomic mass is 9.63. The molecule has 2 atom stereocenters. The van der Waals surface area contributed by atoms with Gasteiger partial charge in [-0.25, -0.2) is 0 Å². The molecule has 0 aromatic heterocycles. The van der Waals surface area contributed by atoms with Gasteiger partial charge in [0.15, 0.2) is 0 Å². The molecule has 0 N–H and O–H groups in total. The zero-order chi connectivity index (χ0) is 40.6. The van der Waals surface area contributed by atoms with Crippen LogP contribution in [0.2, 0.25) is 0 Å². The summed E-state index contributed by atoms with van der Waals surface area (Å²) >= 11 is 0. The predicted molar refractivity (Wildman–Crippen MR) is 263 cm³/mol. The molecule has 0 heteroatoms. The van der Waals surface area contributed by atoms with E-state index in [1.165, 1.54) is 127 Å². The van der Waals surface area contributed by atoms with Crippen LogP contribution >= 0.6 is 0 Å². The van der Waals surface area contributed by atoms with Crippen molar-refractivity contribution in [2.45, 2.75) is 51.4 Å². The fourth-order valence-corrected chi connectivity index (χ4v) is 12.9. The first-order valence-corrected chi connectivity index (χ1v) is 22.4. The number of benzene rings is 8. The van der Waals surface area contributed by atoms with Crippen LogP contribution in [0.25, 0.3) is 95.2 Å². The summed E-state index contributed by atoms with van der Waals surface area (Å²) in [6, 6.07) is 42.8. The van der Waals surface area contributed by atoms with Gasteiger partial charge >= 0.3 is 0 Å². The molecule has 0 saturated carbocycles. The molecule has 8 aromatic carbocycles. The highest BCUT2D eigenvalue weighted by Crippen LogP contribution is 2.68. The molecule has 0 bridgehead atoms. The Balaban J connectivity index is 1.18. The molecule has 0 amide bonds. The first-order chi connectivity index (χ1) is 30.1. The van der Waals surface area contributed by atoms with Crippen LogP contribution in [-0.2, 0) is 18.3 Å². The molecule has 0 heterocycles. The minimum atomic E-state index is -0.397. The monoisotopic (exact) mass is 778 g/mol. The molecule has 0 aliphatic heterocycles. The Kier molecular flexibility index (Phi) is 7.39. The van der Waals surface area contributed by atoms with Gasteiger partial charge in [0.1, 0.15) is 0 Å². The van der Waals surface area contributed by atoms with Gasteiger partial charge in [0.05, 0.1) is 5.41 Å². The second-order valence-electron chi connectivity index (χ2n) is 18.0. The van der Waals surface area contributed by atoms with Crippen LogP contribution in [0.1, 0.15) is 88.7 Å². The molecule has 0 nitrogen and oxygen atoms in total. The summed E-state index contributed by atoms with van der Waals surface area (Å²) in [7, 11) is 0. The van der Waals surface area contributed by atoms with Gasteiger partial charge in [-0.1, -0.05) is 165 Å². The Bertz CT molecular complexity index is 3480. The average molecular weight is 779 g/mol. The van der Waals surface area contributed by atoms with Crippen LogP contribution in [0, 0.1) is 5.92 Å². The lowest BCUT2D eigenvalue weighted by molar-refractivity contribution is 0.592. The number of aryl methyl sites for hydroxylation is 2. The van der Waals surface area contributed by atoms with E-state index in [9.17, 15) is 0 Å². The van der Waals surface area contributed by atoms with Crippen molar-refractivity contribution in [3.8, 4) is 22.3 Å². The zero-order valence-electron chi connectivity index (χ0n) is 34.9. The third kappa shape index (κ3) is 4.45. The van der Waals surface area contributed by atoms with E-state index < -0.39 is 5.41 Å². The largest absolute Gasteiger partial charge is 0.0984 e. The van der Waals surface area contributed by atoms with Crippen molar-refractivity contribution >= 4 is 73.0 Å². The van der Waals surface area contributed by atoms with Gasteiger partial charge in [0, 0.05) is 0 Å². The highest BCUT2D eigenvalue weighted by molar-refractivity contribution is 6.23. The molecule has 0 radical (unpaired) electrons. The number of hydrogen-bond donors (Lipinski definition) is 0. The van der Waals surface area contributed by atoms with Gasteiger partial charge < -0.3 is 0 Å². The number of allylic oxidation sites excluding steroid dienone is 7. The summed E-state index contributed by atoms with van der Waals surface area (Å²) in [6.07, 6.45) is 26.3. The standard InChI is InChI=1S/C61H46/c1-4-17-46-39(5-2)41-21-8-9-22-42(41)54-35-52(43-23-10-12-26-47(43)56(46)54)38-31-32-50-53(34-38)44-24-11-13-27-48(44)57-51-33-30-37-19-6-7-20-40(37)59(51)61(60(50)57)55-29-15-14-25-45(55)49-28-16-18-36(3)58(49)61/h4-5,7-8,10-17,20-21,23-36H,2,6,9,18-19,22H2,1,3H3/b17-4-. The van der Waals surface area contributed by atoms with Gasteiger partial charge in [-0.3, -0.25) is 0 Å². The lowest BCUT2D eigenvalue weighted by Gasteiger charge is -2.38. The van der Waals surface area contributed by atoms with Crippen LogP contribution in [0.3, 0.4) is 0 Å². The maximum Gasteiger partial charge on any atom is 0.0703 e. The highest BCUT2D eigenvalue weighted by atomic mass is 14.6. The number of fused-ring (bicyclic) bond motifs is 21. The van der Waals surface area contributed by atoms with Crippen molar-refractivity contribution in [1.29, 1.82) is 0 Å². The number of hydrogen-bond acceptors (Lipinski definition) is 0. The van der Waals surface area contributed by atoms with Gasteiger partial charge in [-0.05, 0) is 189 Å². The summed E-state index contributed by atoms with van der Waals surface area (Å²) in [6.45, 7) is 8.94. The Morgan fingerprint density at radius 2 is 1.38 bits per heavy atom. The van der Waals surface area contributed by atoms with Crippen molar-refractivity contribution in [3.63, 3.8) is 0 Å². The van der Waals surface area contributed by atoms with Gasteiger partial charge in [-0.15, -0.1) is 0 Å². The minimum absolute atomic E-state index is 0.397.